The lowest BCUT2D eigenvalue weighted by Crippen LogP contribution is -2.58. The van der Waals surface area contributed by atoms with Crippen LogP contribution in [0.4, 0.5) is 8.78 Å². The average Bonchev–Trinajstić information content (AvgIpc) is 3.26. The van der Waals surface area contributed by atoms with Crippen molar-refractivity contribution in [1.29, 1.82) is 0 Å². The molecule has 0 aromatic heterocycles. The van der Waals surface area contributed by atoms with Gasteiger partial charge in [0.2, 0.25) is 0 Å². The van der Waals surface area contributed by atoms with Gasteiger partial charge in [-0.05, 0) is 67.3 Å². The maximum Gasteiger partial charge on any atom is 0.325 e. The van der Waals surface area contributed by atoms with Crippen molar-refractivity contribution < 1.29 is 23.0 Å². The zero-order chi connectivity index (χ0) is 30.8. The fourth-order valence-electron chi connectivity index (χ4n) is 7.18. The summed E-state index contributed by atoms with van der Waals surface area (Å²) in [7, 11) is -0.585. The van der Waals surface area contributed by atoms with Gasteiger partial charge in [-0.2, -0.15) is 0 Å². The fraction of sp³-hybridized carbons (Fsp3) is 0.594. The summed E-state index contributed by atoms with van der Waals surface area (Å²) in [5.74, 6) is -2.77. The van der Waals surface area contributed by atoms with Crippen molar-refractivity contribution in [2.75, 3.05) is 13.2 Å². The number of carbonyl (C=O) groups excluding carboxylic acids is 1. The van der Waals surface area contributed by atoms with Gasteiger partial charge in [0.1, 0.15) is 17.7 Å². The number of rotatable bonds is 9. The van der Waals surface area contributed by atoms with E-state index in [1.807, 2.05) is 18.7 Å². The molecule has 2 aliphatic heterocycles. The van der Waals surface area contributed by atoms with Crippen molar-refractivity contribution in [3.63, 3.8) is 0 Å². The molecule has 229 valence electrons. The molecule has 1 radical (unpaired) electrons. The number of esters is 1. The molecule has 5 nitrogen and oxygen atoms in total. The number of halogens is 4. The molecule has 42 heavy (non-hydrogen) atoms. The van der Waals surface area contributed by atoms with Crippen molar-refractivity contribution >= 4 is 38.0 Å². The number of benzene rings is 2. The van der Waals surface area contributed by atoms with Crippen LogP contribution in [0.3, 0.4) is 0 Å². The second-order valence-corrected chi connectivity index (χ2v) is 18.0. The Labute approximate surface area is 259 Å². The van der Waals surface area contributed by atoms with E-state index < -0.39 is 55.7 Å². The van der Waals surface area contributed by atoms with Gasteiger partial charge in [0, 0.05) is 29.2 Å². The van der Waals surface area contributed by atoms with Gasteiger partial charge >= 0.3 is 5.97 Å². The number of fused-ring (bicyclic) bond motifs is 1. The van der Waals surface area contributed by atoms with Gasteiger partial charge in [-0.25, -0.2) is 13.7 Å². The normalized spacial score (nSPS) is 28.6. The Hall–Kier alpha value is -1.55. The third-order valence-corrected chi connectivity index (χ3v) is 13.6. The van der Waals surface area contributed by atoms with E-state index in [0.29, 0.717) is 19.6 Å². The zero-order valence-electron chi connectivity index (χ0n) is 25.2. The van der Waals surface area contributed by atoms with Crippen molar-refractivity contribution in [2.24, 2.45) is 11.1 Å². The summed E-state index contributed by atoms with van der Waals surface area (Å²) in [6, 6.07) is 7.51. The highest BCUT2D eigenvalue weighted by atomic mass is 35.5. The number of nitrogens with zero attached hydrogens (tertiary/aromatic N) is 1. The van der Waals surface area contributed by atoms with Crippen LogP contribution >= 0.6 is 23.2 Å². The second-order valence-electron chi connectivity index (χ2n) is 13.8. The predicted molar refractivity (Wildman–Crippen MR) is 164 cm³/mol. The average molecular weight is 639 g/mol. The molecule has 5 rings (SSSR count). The van der Waals surface area contributed by atoms with Crippen LogP contribution in [0.1, 0.15) is 70.4 Å². The molecule has 0 unspecified atom stereocenters. The van der Waals surface area contributed by atoms with Crippen molar-refractivity contribution in [1.82, 2.24) is 4.90 Å². The van der Waals surface area contributed by atoms with Gasteiger partial charge in [-0.15, -0.1) is 0 Å². The summed E-state index contributed by atoms with van der Waals surface area (Å²) in [6.07, 6.45) is 3.40. The van der Waals surface area contributed by atoms with E-state index in [1.54, 1.807) is 24.3 Å². The molecule has 2 aromatic rings. The molecule has 1 aliphatic carbocycles. The number of hydrogen-bond acceptors (Lipinski definition) is 5. The molecule has 3 fully saturated rings. The maximum atomic E-state index is 16.0. The van der Waals surface area contributed by atoms with E-state index in [1.165, 1.54) is 12.1 Å². The van der Waals surface area contributed by atoms with Crippen molar-refractivity contribution in [2.45, 2.75) is 101 Å². The molecule has 0 amide bonds. The Kier molecular flexibility index (Phi) is 8.43. The number of ether oxygens (including phenoxy) is 2. The Balaban J connectivity index is 1.65. The molecule has 1 saturated carbocycles. The van der Waals surface area contributed by atoms with E-state index in [9.17, 15) is 4.79 Å². The zero-order valence-corrected chi connectivity index (χ0v) is 27.7. The topological polar surface area (TPSA) is 64.8 Å². The minimum Gasteiger partial charge on any atom is -0.443 e. The monoisotopic (exact) mass is 637 g/mol. The fourth-order valence-corrected chi connectivity index (χ4v) is 7.91. The lowest BCUT2D eigenvalue weighted by molar-refractivity contribution is -0.153. The van der Waals surface area contributed by atoms with E-state index >= 15 is 8.78 Å². The van der Waals surface area contributed by atoms with Crippen LogP contribution in [0.5, 0.6) is 0 Å². The van der Waals surface area contributed by atoms with Crippen molar-refractivity contribution in [3.05, 3.63) is 69.2 Å². The molecule has 2 heterocycles. The van der Waals surface area contributed by atoms with Crippen LogP contribution in [0.2, 0.25) is 28.2 Å². The molecular weight excluding hydrogens is 597 g/mol. The minimum absolute atomic E-state index is 0.0914. The van der Waals surface area contributed by atoms with Crippen LogP contribution in [0.25, 0.3) is 0 Å². The second kappa shape index (κ2) is 11.1. The largest absolute Gasteiger partial charge is 0.443 e. The summed E-state index contributed by atoms with van der Waals surface area (Å²) in [6.45, 7) is 13.9. The van der Waals surface area contributed by atoms with Crippen LogP contribution in [-0.4, -0.2) is 50.7 Å². The molecular formula is C32H41Cl2F2N2O3Si. The van der Waals surface area contributed by atoms with Crippen LogP contribution < -0.4 is 5.73 Å². The molecule has 2 aromatic carbocycles. The number of carbonyl (C=O) groups is 1. The molecule has 10 heteroatoms. The highest BCUT2D eigenvalue weighted by Crippen LogP contribution is 2.60. The number of nitrogens with two attached hydrogens (primary N) is 1. The first-order chi connectivity index (χ1) is 19.5. The lowest BCUT2D eigenvalue weighted by Gasteiger charge is -2.50. The Morgan fingerprint density at radius 3 is 2.45 bits per heavy atom. The third kappa shape index (κ3) is 5.24. The van der Waals surface area contributed by atoms with Gasteiger partial charge in [0.05, 0.1) is 26.0 Å². The van der Waals surface area contributed by atoms with Gasteiger partial charge in [-0.1, -0.05) is 74.8 Å². The third-order valence-electron chi connectivity index (χ3n) is 10.2. The van der Waals surface area contributed by atoms with Crippen LogP contribution in [0, 0.1) is 17.0 Å². The SMILES string of the molecule is C[Si](C)C(C)(C)COCC1(C[C@@H]2N3[C@@H](C(=O)OC3(C)C)[C@H](c3cccc(Cl)c3F)[C@@]2(N)c2ccc(Cl)cc2F)CCC1. The van der Waals surface area contributed by atoms with Crippen LogP contribution in [-0.2, 0) is 19.8 Å². The van der Waals surface area contributed by atoms with E-state index in [-0.39, 0.29) is 31.6 Å². The molecule has 0 spiro atoms. The summed E-state index contributed by atoms with van der Waals surface area (Å²) in [5.41, 5.74) is 5.03. The van der Waals surface area contributed by atoms with Gasteiger partial charge in [-0.3, -0.25) is 4.79 Å². The first kappa shape index (κ1) is 31.9. The quantitative estimate of drug-likeness (QED) is 0.226. The maximum absolute atomic E-state index is 16.0. The molecule has 2 N–H and O–H groups in total. The molecule has 4 atom stereocenters. The predicted octanol–water partition coefficient (Wildman–Crippen LogP) is 7.67. The van der Waals surface area contributed by atoms with Gasteiger partial charge < -0.3 is 15.2 Å². The number of hydrogen-bond donors (Lipinski definition) is 1. The minimum atomic E-state index is -1.52. The first-order valence-electron chi connectivity index (χ1n) is 14.6. The highest BCUT2D eigenvalue weighted by molar-refractivity contribution is 6.59. The van der Waals surface area contributed by atoms with E-state index in [0.717, 1.165) is 19.3 Å². The molecule has 2 saturated heterocycles. The summed E-state index contributed by atoms with van der Waals surface area (Å²) in [5, 5.41) is 0.232. The van der Waals surface area contributed by atoms with Crippen LogP contribution in [0.15, 0.2) is 36.4 Å². The smallest absolute Gasteiger partial charge is 0.325 e. The summed E-state index contributed by atoms with van der Waals surface area (Å²) >= 11 is 12.4. The molecule has 0 bridgehead atoms. The molecule has 3 aliphatic rings. The van der Waals surface area contributed by atoms with Crippen molar-refractivity contribution in [3.8, 4) is 0 Å². The first-order valence-corrected chi connectivity index (χ1v) is 17.9. The van der Waals surface area contributed by atoms with Gasteiger partial charge in [0.15, 0.2) is 5.72 Å². The van der Waals surface area contributed by atoms with E-state index in [4.69, 9.17) is 38.4 Å². The summed E-state index contributed by atoms with van der Waals surface area (Å²) < 4.78 is 44.1. The highest BCUT2D eigenvalue weighted by Gasteiger charge is 2.70. The van der Waals surface area contributed by atoms with Gasteiger partial charge in [0.25, 0.3) is 0 Å². The standard InChI is InChI=1S/C32H41Cl2F2N2O3Si/c1-29(2,42(5)6)17-40-18-31(13-8-14-31)16-24-32(37,21-12-11-19(33)15-23(21)35)25(20-9-7-10-22(34)26(20)36)27-28(39)41-30(3,4)38(24)27/h7,9-12,15,24-25,27H,8,13-14,16-18,37H2,1-6H3/t24-,25-,27+,32+/m0/s1. The Morgan fingerprint density at radius 2 is 1.86 bits per heavy atom. The lowest BCUT2D eigenvalue weighted by atomic mass is 9.61. The summed E-state index contributed by atoms with van der Waals surface area (Å²) in [4.78, 5) is 15.6. The van der Waals surface area contributed by atoms with E-state index in [2.05, 4.69) is 26.9 Å². The Morgan fingerprint density at radius 1 is 1.17 bits per heavy atom. The Bertz CT molecular complexity index is 1370. The number of cyclic esters (lactones) is 1.